The molecule has 1 fully saturated rings. The summed E-state index contributed by atoms with van der Waals surface area (Å²) in [5.41, 5.74) is 1.15. The lowest BCUT2D eigenvalue weighted by atomic mass is 9.66. The van der Waals surface area contributed by atoms with Crippen LogP contribution in [0.2, 0.25) is 5.02 Å². The highest BCUT2D eigenvalue weighted by molar-refractivity contribution is 6.33. The van der Waals surface area contributed by atoms with Crippen molar-refractivity contribution in [3.8, 4) is 0 Å². The van der Waals surface area contributed by atoms with Crippen molar-refractivity contribution in [3.63, 3.8) is 0 Å². The Bertz CT molecular complexity index is 538. The van der Waals surface area contributed by atoms with Crippen molar-refractivity contribution in [2.45, 2.75) is 32.6 Å². The molecule has 5 heteroatoms. The van der Waals surface area contributed by atoms with E-state index in [0.29, 0.717) is 17.1 Å². The molecule has 0 spiro atoms. The third kappa shape index (κ3) is 3.31. The summed E-state index contributed by atoms with van der Waals surface area (Å²) in [4.78, 5) is 23.0. The van der Waals surface area contributed by atoms with E-state index >= 15 is 0 Å². The number of aryl methyl sites for hydroxylation is 1. The number of aliphatic carboxylic acids is 1. The van der Waals surface area contributed by atoms with Gasteiger partial charge in [0.25, 0.3) is 5.91 Å². The van der Waals surface area contributed by atoms with Gasteiger partial charge in [-0.2, -0.15) is 0 Å². The average Bonchev–Trinajstić information content (AvgIpc) is 2.31. The highest BCUT2D eigenvalue weighted by atomic mass is 35.5. The van der Waals surface area contributed by atoms with E-state index in [1.54, 1.807) is 12.1 Å². The van der Waals surface area contributed by atoms with Crippen LogP contribution in [0.1, 0.15) is 41.6 Å². The van der Waals surface area contributed by atoms with Crippen molar-refractivity contribution >= 4 is 23.5 Å². The Morgan fingerprint density at radius 3 is 2.60 bits per heavy atom. The van der Waals surface area contributed by atoms with Crippen molar-refractivity contribution in [1.29, 1.82) is 0 Å². The lowest BCUT2D eigenvalue weighted by molar-refractivity contribution is -0.141. The molecule has 1 amide bonds. The predicted octanol–water partition coefficient (Wildman–Crippen LogP) is 3.02. The molecule has 0 radical (unpaired) electrons. The first-order chi connectivity index (χ1) is 9.42. The number of carbonyl (C=O) groups excluding carboxylic acids is 1. The first-order valence-electron chi connectivity index (χ1n) is 6.68. The van der Waals surface area contributed by atoms with Crippen molar-refractivity contribution in [3.05, 3.63) is 34.3 Å². The molecule has 0 atom stereocenters. The third-order valence-electron chi connectivity index (χ3n) is 3.93. The molecule has 1 aromatic carbocycles. The number of hydrogen-bond donors (Lipinski definition) is 2. The van der Waals surface area contributed by atoms with Crippen LogP contribution >= 0.6 is 11.6 Å². The van der Waals surface area contributed by atoms with Gasteiger partial charge in [-0.15, -0.1) is 0 Å². The number of benzene rings is 1. The Labute approximate surface area is 123 Å². The largest absolute Gasteiger partial charge is 0.481 e. The van der Waals surface area contributed by atoms with Crippen LogP contribution in [0.15, 0.2) is 18.2 Å². The van der Waals surface area contributed by atoms with Crippen LogP contribution in [0.3, 0.4) is 0 Å². The summed E-state index contributed by atoms with van der Waals surface area (Å²) < 4.78 is 0. The minimum absolute atomic E-state index is 0.106. The zero-order valence-electron chi connectivity index (χ0n) is 11.4. The molecule has 2 N–H and O–H groups in total. The van der Waals surface area contributed by atoms with Crippen molar-refractivity contribution < 1.29 is 14.7 Å². The molecule has 0 unspecified atom stereocenters. The van der Waals surface area contributed by atoms with Crippen molar-refractivity contribution in [1.82, 2.24) is 5.32 Å². The maximum absolute atomic E-state index is 12.1. The summed E-state index contributed by atoms with van der Waals surface area (Å²) in [5, 5.41) is 12.2. The predicted molar refractivity (Wildman–Crippen MR) is 77.1 cm³/mol. The Kier molecular flexibility index (Phi) is 4.33. The van der Waals surface area contributed by atoms with Crippen LogP contribution in [0.25, 0.3) is 0 Å². The first kappa shape index (κ1) is 14.9. The fraction of sp³-hybridized carbons (Fsp3) is 0.467. The Morgan fingerprint density at radius 2 is 2.10 bits per heavy atom. The molecule has 0 bridgehead atoms. The molecule has 0 aliphatic heterocycles. The number of carboxylic acids is 1. The Hall–Kier alpha value is -1.55. The van der Waals surface area contributed by atoms with Crippen molar-refractivity contribution in [2.24, 2.45) is 5.41 Å². The summed E-state index contributed by atoms with van der Waals surface area (Å²) in [6, 6.07) is 5.27. The van der Waals surface area contributed by atoms with E-state index in [1.807, 2.05) is 13.0 Å². The van der Waals surface area contributed by atoms with Crippen LogP contribution in [0.4, 0.5) is 0 Å². The quantitative estimate of drug-likeness (QED) is 0.877. The van der Waals surface area contributed by atoms with Gasteiger partial charge in [-0.3, -0.25) is 9.59 Å². The molecule has 108 valence electrons. The second-order valence-corrected chi connectivity index (χ2v) is 6.00. The monoisotopic (exact) mass is 295 g/mol. The SMILES string of the molecule is Cc1ccc(C(=O)NCC2(CC(=O)O)CCC2)c(Cl)c1. The number of carboxylic acid groups (broad SMARTS) is 1. The zero-order chi connectivity index (χ0) is 14.8. The van der Waals surface area contributed by atoms with Crippen LogP contribution < -0.4 is 5.32 Å². The number of hydrogen-bond acceptors (Lipinski definition) is 2. The van der Waals surface area contributed by atoms with Gasteiger partial charge in [-0.25, -0.2) is 0 Å². The molecule has 1 aliphatic carbocycles. The minimum atomic E-state index is -0.813. The van der Waals surface area contributed by atoms with E-state index in [-0.39, 0.29) is 17.7 Å². The maximum atomic E-state index is 12.1. The number of carbonyl (C=O) groups is 2. The van der Waals surface area contributed by atoms with E-state index in [9.17, 15) is 9.59 Å². The highest BCUT2D eigenvalue weighted by Crippen LogP contribution is 2.43. The van der Waals surface area contributed by atoms with E-state index in [1.165, 1.54) is 0 Å². The summed E-state index contributed by atoms with van der Waals surface area (Å²) in [5.74, 6) is -1.06. The van der Waals surface area contributed by atoms with Crippen LogP contribution in [0.5, 0.6) is 0 Å². The number of rotatable bonds is 5. The molecule has 0 heterocycles. The molecule has 4 nitrogen and oxygen atoms in total. The molecular weight excluding hydrogens is 278 g/mol. The van der Waals surface area contributed by atoms with Crippen molar-refractivity contribution in [2.75, 3.05) is 6.54 Å². The molecule has 2 rings (SSSR count). The standard InChI is InChI=1S/C15H18ClNO3/c1-10-3-4-11(12(16)7-10)14(20)17-9-15(5-2-6-15)8-13(18)19/h3-4,7H,2,5-6,8-9H2,1H3,(H,17,20)(H,18,19). The van der Waals surface area contributed by atoms with Gasteiger partial charge in [-0.1, -0.05) is 24.1 Å². The van der Waals surface area contributed by atoms with Crippen LogP contribution in [0, 0.1) is 12.3 Å². The number of nitrogens with one attached hydrogen (secondary N) is 1. The lowest BCUT2D eigenvalue weighted by Gasteiger charge is -2.40. The van der Waals surface area contributed by atoms with Gasteiger partial charge in [0.05, 0.1) is 17.0 Å². The topological polar surface area (TPSA) is 66.4 Å². The van der Waals surface area contributed by atoms with Gasteiger partial charge < -0.3 is 10.4 Å². The number of amides is 1. The summed E-state index contributed by atoms with van der Waals surface area (Å²) in [7, 11) is 0. The molecule has 1 aliphatic rings. The smallest absolute Gasteiger partial charge is 0.303 e. The summed E-state index contributed by atoms with van der Waals surface area (Å²) >= 11 is 6.05. The molecular formula is C15H18ClNO3. The maximum Gasteiger partial charge on any atom is 0.303 e. The molecule has 0 aromatic heterocycles. The molecule has 20 heavy (non-hydrogen) atoms. The van der Waals surface area contributed by atoms with E-state index < -0.39 is 5.97 Å². The fourth-order valence-corrected chi connectivity index (χ4v) is 2.90. The Morgan fingerprint density at radius 1 is 1.40 bits per heavy atom. The Balaban J connectivity index is 1.99. The van der Waals surface area contributed by atoms with Crippen LogP contribution in [-0.2, 0) is 4.79 Å². The van der Waals surface area contributed by atoms with Gasteiger partial charge in [0.1, 0.15) is 0 Å². The second-order valence-electron chi connectivity index (χ2n) is 5.59. The molecule has 1 saturated carbocycles. The van der Waals surface area contributed by atoms with Gasteiger partial charge >= 0.3 is 5.97 Å². The normalized spacial score (nSPS) is 16.3. The third-order valence-corrected chi connectivity index (χ3v) is 4.25. The van der Waals surface area contributed by atoms with Gasteiger partial charge in [0.15, 0.2) is 0 Å². The van der Waals surface area contributed by atoms with E-state index in [2.05, 4.69) is 5.32 Å². The average molecular weight is 296 g/mol. The van der Waals surface area contributed by atoms with E-state index in [4.69, 9.17) is 16.7 Å². The zero-order valence-corrected chi connectivity index (χ0v) is 12.2. The highest BCUT2D eigenvalue weighted by Gasteiger charge is 2.39. The van der Waals surface area contributed by atoms with Gasteiger partial charge in [0.2, 0.25) is 0 Å². The molecule has 1 aromatic rings. The lowest BCUT2D eigenvalue weighted by Crippen LogP contribution is -2.43. The minimum Gasteiger partial charge on any atom is -0.481 e. The molecule has 0 saturated heterocycles. The van der Waals surface area contributed by atoms with Gasteiger partial charge in [-0.05, 0) is 42.9 Å². The summed E-state index contributed by atoms with van der Waals surface area (Å²) in [6.07, 6.45) is 2.83. The van der Waals surface area contributed by atoms with Gasteiger partial charge in [0, 0.05) is 6.54 Å². The summed E-state index contributed by atoms with van der Waals surface area (Å²) in [6.45, 7) is 2.30. The fourth-order valence-electron chi connectivity index (χ4n) is 2.58. The van der Waals surface area contributed by atoms with Crippen LogP contribution in [-0.4, -0.2) is 23.5 Å². The first-order valence-corrected chi connectivity index (χ1v) is 7.06. The number of halogens is 1. The van der Waals surface area contributed by atoms with E-state index in [0.717, 1.165) is 24.8 Å². The second kappa shape index (κ2) is 5.83.